The molecule has 2 N–H and O–H groups in total. The van der Waals surface area contributed by atoms with Crippen molar-refractivity contribution in [2.24, 2.45) is 0 Å². The minimum Gasteiger partial charge on any atom is -0.372 e. The van der Waals surface area contributed by atoms with E-state index in [0.717, 1.165) is 13.1 Å². The van der Waals surface area contributed by atoms with E-state index in [-0.39, 0.29) is 0 Å². The summed E-state index contributed by atoms with van der Waals surface area (Å²) in [5.74, 6) is 1.34. The average Bonchev–Trinajstić information content (AvgIpc) is 2.85. The number of hydrogen-bond acceptors (Lipinski definition) is 4. The van der Waals surface area contributed by atoms with E-state index in [0.29, 0.717) is 27.7 Å². The van der Waals surface area contributed by atoms with E-state index in [1.807, 2.05) is 0 Å². The van der Waals surface area contributed by atoms with Crippen LogP contribution in [0.5, 0.6) is 0 Å². The van der Waals surface area contributed by atoms with Crippen molar-refractivity contribution in [1.82, 2.24) is 9.88 Å². The molecule has 106 valence electrons. The number of nitrogens with zero attached hydrogens (tertiary/aromatic N) is 2. The van der Waals surface area contributed by atoms with Gasteiger partial charge >= 0.3 is 0 Å². The number of aromatic nitrogens is 1. The topological polar surface area (TPSA) is 40.2 Å². The molecule has 2 heterocycles. The SMILES string of the molecule is CCN1CCCC1CNc1nc(NC)c(Cl)cc1Cl. The maximum Gasteiger partial charge on any atom is 0.147 e. The Labute approximate surface area is 124 Å². The number of likely N-dealkylation sites (tertiary alicyclic amines) is 1. The highest BCUT2D eigenvalue weighted by Crippen LogP contribution is 2.29. The molecule has 1 aromatic heterocycles. The van der Waals surface area contributed by atoms with Gasteiger partial charge in [-0.1, -0.05) is 30.1 Å². The number of nitrogens with one attached hydrogen (secondary N) is 2. The summed E-state index contributed by atoms with van der Waals surface area (Å²) in [6.07, 6.45) is 2.49. The third-order valence-electron chi connectivity index (χ3n) is 3.58. The van der Waals surface area contributed by atoms with E-state index in [1.165, 1.54) is 19.4 Å². The van der Waals surface area contributed by atoms with Gasteiger partial charge in [-0.25, -0.2) is 4.98 Å². The number of rotatable bonds is 5. The highest BCUT2D eigenvalue weighted by molar-refractivity contribution is 6.37. The van der Waals surface area contributed by atoms with Crippen LogP contribution in [0.15, 0.2) is 6.07 Å². The Morgan fingerprint density at radius 3 is 2.79 bits per heavy atom. The van der Waals surface area contributed by atoms with E-state index in [9.17, 15) is 0 Å². The van der Waals surface area contributed by atoms with E-state index >= 15 is 0 Å². The van der Waals surface area contributed by atoms with Crippen LogP contribution in [0.3, 0.4) is 0 Å². The lowest BCUT2D eigenvalue weighted by Crippen LogP contribution is -2.34. The second kappa shape index (κ2) is 6.64. The molecule has 1 unspecified atom stereocenters. The maximum absolute atomic E-state index is 6.16. The highest BCUT2D eigenvalue weighted by Gasteiger charge is 2.23. The minimum atomic E-state index is 0.536. The van der Waals surface area contributed by atoms with Crippen molar-refractivity contribution in [3.05, 3.63) is 16.1 Å². The van der Waals surface area contributed by atoms with Crippen molar-refractivity contribution in [2.45, 2.75) is 25.8 Å². The van der Waals surface area contributed by atoms with Gasteiger partial charge in [0.15, 0.2) is 0 Å². The smallest absolute Gasteiger partial charge is 0.147 e. The van der Waals surface area contributed by atoms with Crippen LogP contribution in [0.4, 0.5) is 11.6 Å². The number of hydrogen-bond donors (Lipinski definition) is 2. The predicted octanol–water partition coefficient (Wildman–Crippen LogP) is 3.33. The zero-order valence-corrected chi connectivity index (χ0v) is 12.9. The largest absolute Gasteiger partial charge is 0.372 e. The fraction of sp³-hybridized carbons (Fsp3) is 0.615. The predicted molar refractivity (Wildman–Crippen MR) is 82.6 cm³/mol. The van der Waals surface area contributed by atoms with Crippen molar-refractivity contribution < 1.29 is 0 Å². The Balaban J connectivity index is 2.03. The fourth-order valence-corrected chi connectivity index (χ4v) is 3.04. The number of anilines is 2. The number of pyridine rings is 1. The molecule has 0 spiro atoms. The van der Waals surface area contributed by atoms with E-state index in [1.54, 1.807) is 13.1 Å². The number of likely N-dealkylation sites (N-methyl/N-ethyl adjacent to an activating group) is 1. The first-order valence-corrected chi connectivity index (χ1v) is 7.43. The first kappa shape index (κ1) is 14.7. The molecule has 0 radical (unpaired) electrons. The second-order valence-corrected chi connectivity index (χ2v) is 5.52. The van der Waals surface area contributed by atoms with Gasteiger partial charge in [0.2, 0.25) is 0 Å². The molecule has 1 atom stereocenters. The zero-order chi connectivity index (χ0) is 13.8. The molecule has 1 aromatic rings. The molecule has 1 fully saturated rings. The van der Waals surface area contributed by atoms with Crippen LogP contribution in [0.25, 0.3) is 0 Å². The van der Waals surface area contributed by atoms with Crippen LogP contribution in [-0.2, 0) is 0 Å². The third kappa shape index (κ3) is 3.44. The van der Waals surface area contributed by atoms with Gasteiger partial charge in [0.1, 0.15) is 11.6 Å². The van der Waals surface area contributed by atoms with Gasteiger partial charge in [-0.2, -0.15) is 0 Å². The summed E-state index contributed by atoms with van der Waals surface area (Å²) in [6, 6.07) is 2.29. The monoisotopic (exact) mass is 302 g/mol. The van der Waals surface area contributed by atoms with Crippen LogP contribution in [0, 0.1) is 0 Å². The van der Waals surface area contributed by atoms with Gasteiger partial charge in [0.05, 0.1) is 10.0 Å². The van der Waals surface area contributed by atoms with Gasteiger partial charge in [-0.15, -0.1) is 0 Å². The van der Waals surface area contributed by atoms with Gasteiger partial charge in [0.25, 0.3) is 0 Å². The van der Waals surface area contributed by atoms with Crippen molar-refractivity contribution >= 4 is 34.8 Å². The summed E-state index contributed by atoms with van der Waals surface area (Å²) < 4.78 is 0. The first-order valence-electron chi connectivity index (χ1n) is 6.67. The van der Waals surface area contributed by atoms with Crippen LogP contribution < -0.4 is 10.6 Å². The molecular weight excluding hydrogens is 283 g/mol. The summed E-state index contributed by atoms with van der Waals surface area (Å²) >= 11 is 12.2. The summed E-state index contributed by atoms with van der Waals surface area (Å²) in [5.41, 5.74) is 0. The van der Waals surface area contributed by atoms with Crippen molar-refractivity contribution in [1.29, 1.82) is 0 Å². The molecular formula is C13H20Cl2N4. The van der Waals surface area contributed by atoms with E-state index in [2.05, 4.69) is 27.4 Å². The molecule has 0 aromatic carbocycles. The molecule has 4 nitrogen and oxygen atoms in total. The van der Waals surface area contributed by atoms with Gasteiger partial charge in [-0.3, -0.25) is 4.90 Å². The quantitative estimate of drug-likeness (QED) is 0.875. The summed E-state index contributed by atoms with van der Waals surface area (Å²) in [6.45, 7) is 5.35. The lowest BCUT2D eigenvalue weighted by Gasteiger charge is -2.23. The first-order chi connectivity index (χ1) is 9.15. The Hall–Kier alpha value is -0.710. The van der Waals surface area contributed by atoms with Crippen LogP contribution in [-0.4, -0.2) is 42.6 Å². The molecule has 0 bridgehead atoms. The summed E-state index contributed by atoms with van der Waals surface area (Å²) in [5, 5.41) is 7.39. The third-order valence-corrected chi connectivity index (χ3v) is 4.15. The lowest BCUT2D eigenvalue weighted by atomic mass is 10.2. The molecule has 1 aliphatic heterocycles. The van der Waals surface area contributed by atoms with Crippen molar-refractivity contribution in [3.8, 4) is 0 Å². The molecule has 0 saturated carbocycles. The van der Waals surface area contributed by atoms with E-state index in [4.69, 9.17) is 23.2 Å². The molecule has 0 amide bonds. The van der Waals surface area contributed by atoms with Crippen LogP contribution in [0.1, 0.15) is 19.8 Å². The van der Waals surface area contributed by atoms with Crippen molar-refractivity contribution in [2.75, 3.05) is 37.3 Å². The fourth-order valence-electron chi connectivity index (χ4n) is 2.52. The average molecular weight is 303 g/mol. The Morgan fingerprint density at radius 2 is 2.11 bits per heavy atom. The summed E-state index contributed by atoms with van der Waals surface area (Å²) in [4.78, 5) is 6.88. The van der Waals surface area contributed by atoms with E-state index < -0.39 is 0 Å². The maximum atomic E-state index is 6.16. The minimum absolute atomic E-state index is 0.536. The molecule has 1 aliphatic rings. The molecule has 0 aliphatic carbocycles. The Bertz CT molecular complexity index is 439. The second-order valence-electron chi connectivity index (χ2n) is 4.70. The van der Waals surface area contributed by atoms with Crippen LogP contribution >= 0.6 is 23.2 Å². The standard InChI is InChI=1S/C13H20Cl2N4/c1-3-19-6-4-5-9(19)8-17-13-11(15)7-10(14)12(16-2)18-13/h7,9H,3-6,8H2,1-2H3,(H2,16,17,18). The Morgan fingerprint density at radius 1 is 1.37 bits per heavy atom. The molecule has 19 heavy (non-hydrogen) atoms. The highest BCUT2D eigenvalue weighted by atomic mass is 35.5. The number of halogens is 2. The van der Waals surface area contributed by atoms with Crippen molar-refractivity contribution in [3.63, 3.8) is 0 Å². The molecule has 1 saturated heterocycles. The van der Waals surface area contributed by atoms with Crippen LogP contribution in [0.2, 0.25) is 10.0 Å². The lowest BCUT2D eigenvalue weighted by molar-refractivity contribution is 0.277. The van der Waals surface area contributed by atoms with Gasteiger partial charge < -0.3 is 10.6 Å². The summed E-state index contributed by atoms with van der Waals surface area (Å²) in [7, 11) is 1.79. The van der Waals surface area contributed by atoms with Gasteiger partial charge in [-0.05, 0) is 32.0 Å². The normalized spacial score (nSPS) is 19.7. The molecule has 2 rings (SSSR count). The van der Waals surface area contributed by atoms with Gasteiger partial charge in [0, 0.05) is 19.6 Å². The molecule has 6 heteroatoms. The zero-order valence-electron chi connectivity index (χ0n) is 11.3. The Kier molecular flexibility index (Phi) is 5.13.